The first-order valence-electron chi connectivity index (χ1n) is 8.47. The maximum atomic E-state index is 12.3. The number of nitrogens with one attached hydrogen (secondary N) is 1. The standard InChI is InChI=1S/C18H26N2O4/c1-3-24-17(21)15-8-6-12-20(13-15)18(22)19-11-10-14-7-4-5-9-16(14)23-2/h4-5,7,9,15H,3,6,8,10-13H2,1-2H3,(H,19,22). The van der Waals surface area contributed by atoms with Crippen molar-refractivity contribution in [2.45, 2.75) is 26.2 Å². The third kappa shape index (κ3) is 4.88. The Morgan fingerprint density at radius 3 is 2.88 bits per heavy atom. The van der Waals surface area contributed by atoms with E-state index in [1.807, 2.05) is 24.3 Å². The number of rotatable bonds is 6. The minimum Gasteiger partial charge on any atom is -0.496 e. The summed E-state index contributed by atoms with van der Waals surface area (Å²) in [5, 5.41) is 2.92. The summed E-state index contributed by atoms with van der Waals surface area (Å²) in [6.45, 7) is 3.80. The summed E-state index contributed by atoms with van der Waals surface area (Å²) in [5.74, 6) is 0.412. The molecule has 1 atom stereocenters. The number of piperidine rings is 1. The molecule has 6 heteroatoms. The van der Waals surface area contributed by atoms with Crippen LogP contribution in [0.4, 0.5) is 4.79 Å². The number of nitrogens with zero attached hydrogens (tertiary/aromatic N) is 1. The summed E-state index contributed by atoms with van der Waals surface area (Å²) in [6.07, 6.45) is 2.30. The molecular formula is C18H26N2O4. The van der Waals surface area contributed by atoms with Crippen LogP contribution >= 0.6 is 0 Å². The zero-order valence-electron chi connectivity index (χ0n) is 14.4. The highest BCUT2D eigenvalue weighted by Crippen LogP contribution is 2.19. The Balaban J connectivity index is 1.80. The van der Waals surface area contributed by atoms with Crippen molar-refractivity contribution in [3.63, 3.8) is 0 Å². The Morgan fingerprint density at radius 2 is 2.12 bits per heavy atom. The molecule has 0 bridgehead atoms. The number of carbonyl (C=O) groups is 2. The van der Waals surface area contributed by atoms with Gasteiger partial charge in [0.05, 0.1) is 19.6 Å². The average Bonchev–Trinajstić information content (AvgIpc) is 2.62. The van der Waals surface area contributed by atoms with Crippen molar-refractivity contribution in [3.05, 3.63) is 29.8 Å². The number of methoxy groups -OCH3 is 1. The second-order valence-electron chi connectivity index (χ2n) is 5.83. The van der Waals surface area contributed by atoms with Crippen LogP contribution in [-0.4, -0.2) is 50.3 Å². The lowest BCUT2D eigenvalue weighted by molar-refractivity contribution is -0.149. The number of hydrogen-bond donors (Lipinski definition) is 1. The zero-order chi connectivity index (χ0) is 17.4. The van der Waals surface area contributed by atoms with E-state index in [9.17, 15) is 9.59 Å². The van der Waals surface area contributed by atoms with Crippen LogP contribution in [-0.2, 0) is 16.0 Å². The minimum atomic E-state index is -0.210. The van der Waals surface area contributed by atoms with Gasteiger partial charge < -0.3 is 19.7 Å². The maximum absolute atomic E-state index is 12.3. The van der Waals surface area contributed by atoms with E-state index < -0.39 is 0 Å². The third-order valence-electron chi connectivity index (χ3n) is 4.19. The Morgan fingerprint density at radius 1 is 1.33 bits per heavy atom. The van der Waals surface area contributed by atoms with Gasteiger partial charge in [-0.05, 0) is 37.8 Å². The number of hydrogen-bond acceptors (Lipinski definition) is 4. The number of esters is 1. The molecule has 1 aromatic carbocycles. The quantitative estimate of drug-likeness (QED) is 0.810. The summed E-state index contributed by atoms with van der Waals surface area (Å²) in [5.41, 5.74) is 1.06. The van der Waals surface area contributed by atoms with Crippen molar-refractivity contribution in [1.82, 2.24) is 10.2 Å². The highest BCUT2D eigenvalue weighted by atomic mass is 16.5. The van der Waals surface area contributed by atoms with Crippen molar-refractivity contribution >= 4 is 12.0 Å². The number of para-hydroxylation sites is 1. The molecule has 0 aromatic heterocycles. The highest BCUT2D eigenvalue weighted by Gasteiger charge is 2.29. The van der Waals surface area contributed by atoms with Crippen LogP contribution in [0.5, 0.6) is 5.75 Å². The van der Waals surface area contributed by atoms with Gasteiger partial charge in [-0.15, -0.1) is 0 Å². The molecule has 1 aliphatic heterocycles. The van der Waals surface area contributed by atoms with Gasteiger partial charge in [0.25, 0.3) is 0 Å². The second kappa shape index (κ2) is 9.15. The van der Waals surface area contributed by atoms with Crippen molar-refractivity contribution in [2.75, 3.05) is 33.4 Å². The van der Waals surface area contributed by atoms with Crippen LogP contribution in [0.25, 0.3) is 0 Å². The van der Waals surface area contributed by atoms with E-state index in [-0.39, 0.29) is 17.9 Å². The molecule has 2 amide bonds. The SMILES string of the molecule is CCOC(=O)C1CCCN(C(=O)NCCc2ccccc2OC)C1. The summed E-state index contributed by atoms with van der Waals surface area (Å²) in [7, 11) is 1.64. The van der Waals surface area contributed by atoms with Crippen LogP contribution < -0.4 is 10.1 Å². The number of benzene rings is 1. The molecule has 1 aliphatic rings. The lowest BCUT2D eigenvalue weighted by atomic mass is 9.98. The fraction of sp³-hybridized carbons (Fsp3) is 0.556. The van der Waals surface area contributed by atoms with Crippen molar-refractivity contribution < 1.29 is 19.1 Å². The first-order chi connectivity index (χ1) is 11.7. The van der Waals surface area contributed by atoms with Gasteiger partial charge in [-0.1, -0.05) is 18.2 Å². The number of ether oxygens (including phenoxy) is 2. The van der Waals surface area contributed by atoms with Crippen molar-refractivity contribution in [1.29, 1.82) is 0 Å². The first kappa shape index (κ1) is 18.1. The van der Waals surface area contributed by atoms with Crippen LogP contribution in [0.15, 0.2) is 24.3 Å². The average molecular weight is 334 g/mol. The molecular weight excluding hydrogens is 308 g/mol. The summed E-state index contributed by atoms with van der Waals surface area (Å²) in [6, 6.07) is 7.64. The molecule has 1 saturated heterocycles. The minimum absolute atomic E-state index is 0.126. The number of carbonyl (C=O) groups excluding carboxylic acids is 2. The Hall–Kier alpha value is -2.24. The van der Waals surface area contributed by atoms with E-state index in [1.54, 1.807) is 18.9 Å². The fourth-order valence-electron chi connectivity index (χ4n) is 2.94. The maximum Gasteiger partial charge on any atom is 0.317 e. The normalized spacial score (nSPS) is 17.2. The molecule has 0 spiro atoms. The summed E-state index contributed by atoms with van der Waals surface area (Å²) in [4.78, 5) is 25.8. The number of urea groups is 1. The summed E-state index contributed by atoms with van der Waals surface area (Å²) >= 11 is 0. The first-order valence-corrected chi connectivity index (χ1v) is 8.47. The molecule has 1 N–H and O–H groups in total. The fourth-order valence-corrected chi connectivity index (χ4v) is 2.94. The smallest absolute Gasteiger partial charge is 0.317 e. The predicted octanol–water partition coefficient (Wildman–Crippen LogP) is 2.22. The second-order valence-corrected chi connectivity index (χ2v) is 5.83. The molecule has 6 nitrogen and oxygen atoms in total. The highest BCUT2D eigenvalue weighted by molar-refractivity contribution is 5.77. The topological polar surface area (TPSA) is 67.9 Å². The van der Waals surface area contributed by atoms with Gasteiger partial charge in [0.1, 0.15) is 5.75 Å². The predicted molar refractivity (Wildman–Crippen MR) is 91.0 cm³/mol. The molecule has 2 rings (SSSR count). The molecule has 1 aromatic rings. The Kier molecular flexibility index (Phi) is 6.90. The third-order valence-corrected chi connectivity index (χ3v) is 4.19. The monoisotopic (exact) mass is 334 g/mol. The molecule has 1 unspecified atom stereocenters. The molecule has 0 radical (unpaired) electrons. The van der Waals surface area contributed by atoms with Crippen molar-refractivity contribution in [2.24, 2.45) is 5.92 Å². The number of likely N-dealkylation sites (tertiary alicyclic amines) is 1. The lowest BCUT2D eigenvalue weighted by Gasteiger charge is -2.31. The van der Waals surface area contributed by atoms with E-state index in [1.165, 1.54) is 0 Å². The molecule has 0 aliphatic carbocycles. The molecule has 24 heavy (non-hydrogen) atoms. The molecule has 0 saturated carbocycles. The van der Waals surface area contributed by atoms with Crippen molar-refractivity contribution in [3.8, 4) is 5.75 Å². The zero-order valence-corrected chi connectivity index (χ0v) is 14.4. The van der Waals surface area contributed by atoms with Gasteiger partial charge in [0.15, 0.2) is 0 Å². The van der Waals surface area contributed by atoms with Crippen LogP contribution in [0, 0.1) is 5.92 Å². The summed E-state index contributed by atoms with van der Waals surface area (Å²) < 4.78 is 10.4. The number of amides is 2. The largest absolute Gasteiger partial charge is 0.496 e. The Labute approximate surface area is 143 Å². The van der Waals surface area contributed by atoms with Gasteiger partial charge in [-0.3, -0.25) is 4.79 Å². The van der Waals surface area contributed by atoms with Gasteiger partial charge in [0.2, 0.25) is 0 Å². The lowest BCUT2D eigenvalue weighted by Crippen LogP contribution is -2.47. The van der Waals surface area contributed by atoms with Crippen LogP contribution in [0.1, 0.15) is 25.3 Å². The molecule has 1 fully saturated rings. The molecule has 132 valence electrons. The van der Waals surface area contributed by atoms with E-state index in [0.717, 1.165) is 24.2 Å². The van der Waals surface area contributed by atoms with Crippen LogP contribution in [0.3, 0.4) is 0 Å². The Bertz CT molecular complexity index is 562. The van der Waals surface area contributed by atoms with E-state index in [4.69, 9.17) is 9.47 Å². The van der Waals surface area contributed by atoms with Gasteiger partial charge in [-0.25, -0.2) is 4.79 Å². The van der Waals surface area contributed by atoms with Gasteiger partial charge in [0, 0.05) is 19.6 Å². The van der Waals surface area contributed by atoms with Crippen LogP contribution in [0.2, 0.25) is 0 Å². The van der Waals surface area contributed by atoms with E-state index in [2.05, 4.69) is 5.32 Å². The van der Waals surface area contributed by atoms with Gasteiger partial charge in [-0.2, -0.15) is 0 Å². The van der Waals surface area contributed by atoms with Gasteiger partial charge >= 0.3 is 12.0 Å². The molecule has 1 heterocycles. The van der Waals surface area contributed by atoms with E-state index in [0.29, 0.717) is 32.7 Å². The van der Waals surface area contributed by atoms with E-state index >= 15 is 0 Å².